The van der Waals surface area contributed by atoms with Crippen molar-refractivity contribution in [3.05, 3.63) is 18.2 Å². The number of sulfonamides is 1. The Balaban J connectivity index is 1.99. The molecule has 1 aromatic rings. The molecule has 0 saturated heterocycles. The van der Waals surface area contributed by atoms with Crippen LogP contribution >= 0.6 is 0 Å². The van der Waals surface area contributed by atoms with Crippen molar-refractivity contribution in [3.8, 4) is 0 Å². The van der Waals surface area contributed by atoms with E-state index in [4.69, 9.17) is 5.73 Å². The number of nitrogens with one attached hydrogen (secondary N) is 2. The molecule has 20 heavy (non-hydrogen) atoms. The number of benzene rings is 1. The molecule has 1 aromatic carbocycles. The van der Waals surface area contributed by atoms with E-state index >= 15 is 0 Å². The first-order chi connectivity index (χ1) is 9.53. The van der Waals surface area contributed by atoms with Gasteiger partial charge in [0.05, 0.1) is 16.3 Å². The molecule has 0 radical (unpaired) electrons. The van der Waals surface area contributed by atoms with Gasteiger partial charge >= 0.3 is 0 Å². The first-order valence-electron chi connectivity index (χ1n) is 7.16. The molecule has 0 unspecified atom stereocenters. The fourth-order valence-corrected chi connectivity index (χ4v) is 3.22. The van der Waals surface area contributed by atoms with E-state index in [-0.39, 0.29) is 4.90 Å². The summed E-state index contributed by atoms with van der Waals surface area (Å²) in [6.45, 7) is 2.95. The van der Waals surface area contributed by atoms with Crippen LogP contribution in [0, 0.1) is 5.92 Å². The van der Waals surface area contributed by atoms with Crippen LogP contribution in [0.1, 0.15) is 32.6 Å². The molecule has 2 rings (SSSR count). The maximum atomic E-state index is 11.9. The standard InChI is InChI=1S/C14H23N3O2S/c1-2-17-20(18,19)12-7-8-13(15)14(10-12)16-9-3-4-11-5-6-11/h7-8,10-11,16-17H,2-6,9,15H2,1H3. The molecule has 1 fully saturated rings. The van der Waals surface area contributed by atoms with Crippen LogP contribution in [0.5, 0.6) is 0 Å². The Morgan fingerprint density at radius 3 is 2.75 bits per heavy atom. The Morgan fingerprint density at radius 2 is 2.10 bits per heavy atom. The summed E-state index contributed by atoms with van der Waals surface area (Å²) >= 11 is 0. The van der Waals surface area contributed by atoms with Crippen molar-refractivity contribution in [3.63, 3.8) is 0 Å². The van der Waals surface area contributed by atoms with E-state index in [1.54, 1.807) is 19.1 Å². The van der Waals surface area contributed by atoms with Crippen LogP contribution in [-0.2, 0) is 10.0 Å². The minimum absolute atomic E-state index is 0.248. The number of anilines is 2. The molecule has 0 spiro atoms. The fourth-order valence-electron chi connectivity index (χ4n) is 2.15. The van der Waals surface area contributed by atoms with Crippen molar-refractivity contribution >= 4 is 21.4 Å². The molecule has 1 aliphatic rings. The van der Waals surface area contributed by atoms with E-state index in [0.717, 1.165) is 18.9 Å². The number of hydrogen-bond donors (Lipinski definition) is 3. The largest absolute Gasteiger partial charge is 0.397 e. The molecule has 1 saturated carbocycles. The van der Waals surface area contributed by atoms with E-state index < -0.39 is 10.0 Å². The second-order valence-electron chi connectivity index (χ2n) is 5.26. The van der Waals surface area contributed by atoms with Gasteiger partial charge in [-0.05, 0) is 37.0 Å². The first kappa shape index (κ1) is 15.1. The lowest BCUT2D eigenvalue weighted by molar-refractivity contribution is 0.584. The zero-order valence-corrected chi connectivity index (χ0v) is 12.7. The Labute approximate surface area is 121 Å². The third-order valence-corrected chi connectivity index (χ3v) is 5.01. The van der Waals surface area contributed by atoms with Gasteiger partial charge < -0.3 is 11.1 Å². The van der Waals surface area contributed by atoms with E-state index in [1.165, 1.54) is 25.3 Å². The van der Waals surface area contributed by atoms with Crippen LogP contribution in [0.2, 0.25) is 0 Å². The quantitative estimate of drug-likeness (QED) is 0.507. The molecule has 0 heterocycles. The molecule has 0 aliphatic heterocycles. The third kappa shape index (κ3) is 4.11. The molecule has 0 amide bonds. The average molecular weight is 297 g/mol. The van der Waals surface area contributed by atoms with E-state index in [9.17, 15) is 8.42 Å². The van der Waals surface area contributed by atoms with Crippen LogP contribution in [-0.4, -0.2) is 21.5 Å². The van der Waals surface area contributed by atoms with E-state index in [0.29, 0.717) is 17.9 Å². The predicted octanol–water partition coefficient (Wildman–Crippen LogP) is 2.17. The van der Waals surface area contributed by atoms with Gasteiger partial charge in [0.1, 0.15) is 0 Å². The molecular formula is C14H23N3O2S. The lowest BCUT2D eigenvalue weighted by Crippen LogP contribution is -2.23. The van der Waals surface area contributed by atoms with Gasteiger partial charge in [-0.2, -0.15) is 0 Å². The van der Waals surface area contributed by atoms with Gasteiger partial charge in [0.25, 0.3) is 0 Å². The third-order valence-electron chi connectivity index (χ3n) is 3.47. The Bertz CT molecular complexity index is 554. The topological polar surface area (TPSA) is 84.2 Å². The lowest BCUT2D eigenvalue weighted by atomic mass is 10.2. The van der Waals surface area contributed by atoms with Crippen molar-refractivity contribution in [1.82, 2.24) is 4.72 Å². The normalized spacial score (nSPS) is 15.2. The van der Waals surface area contributed by atoms with Gasteiger partial charge in [0, 0.05) is 13.1 Å². The maximum absolute atomic E-state index is 11.9. The summed E-state index contributed by atoms with van der Waals surface area (Å²) in [5.74, 6) is 0.912. The van der Waals surface area contributed by atoms with Gasteiger partial charge in [0.2, 0.25) is 10.0 Å². The van der Waals surface area contributed by atoms with Crippen LogP contribution in [0.4, 0.5) is 11.4 Å². The molecule has 0 bridgehead atoms. The first-order valence-corrected chi connectivity index (χ1v) is 8.64. The summed E-state index contributed by atoms with van der Waals surface area (Å²) < 4.78 is 26.4. The lowest BCUT2D eigenvalue weighted by Gasteiger charge is -2.12. The van der Waals surface area contributed by atoms with Crippen molar-refractivity contribution in [2.45, 2.75) is 37.5 Å². The van der Waals surface area contributed by atoms with Gasteiger partial charge in [-0.1, -0.05) is 19.8 Å². The van der Waals surface area contributed by atoms with E-state index in [2.05, 4.69) is 10.0 Å². The molecule has 0 atom stereocenters. The zero-order chi connectivity index (χ0) is 14.6. The van der Waals surface area contributed by atoms with Crippen LogP contribution < -0.4 is 15.8 Å². The Kier molecular flexibility index (Phi) is 4.88. The number of nitrogen functional groups attached to an aromatic ring is 1. The summed E-state index contributed by atoms with van der Waals surface area (Å²) in [7, 11) is -3.43. The SMILES string of the molecule is CCNS(=O)(=O)c1ccc(N)c(NCCCC2CC2)c1. The Hall–Kier alpha value is -1.27. The van der Waals surface area contributed by atoms with Crippen molar-refractivity contribution in [1.29, 1.82) is 0 Å². The Morgan fingerprint density at radius 1 is 1.35 bits per heavy atom. The zero-order valence-electron chi connectivity index (χ0n) is 11.9. The number of nitrogens with two attached hydrogens (primary N) is 1. The predicted molar refractivity (Wildman–Crippen MR) is 82.2 cm³/mol. The molecule has 112 valence electrons. The summed E-state index contributed by atoms with van der Waals surface area (Å²) in [5.41, 5.74) is 7.15. The van der Waals surface area contributed by atoms with Crippen LogP contribution in [0.25, 0.3) is 0 Å². The highest BCUT2D eigenvalue weighted by Crippen LogP contribution is 2.33. The van der Waals surface area contributed by atoms with Crippen molar-refractivity contribution < 1.29 is 8.42 Å². The fraction of sp³-hybridized carbons (Fsp3) is 0.571. The van der Waals surface area contributed by atoms with E-state index in [1.807, 2.05) is 0 Å². The molecule has 5 nitrogen and oxygen atoms in total. The number of hydrogen-bond acceptors (Lipinski definition) is 4. The highest BCUT2D eigenvalue weighted by molar-refractivity contribution is 7.89. The number of rotatable bonds is 8. The van der Waals surface area contributed by atoms with Gasteiger partial charge in [-0.25, -0.2) is 13.1 Å². The molecule has 6 heteroatoms. The minimum atomic E-state index is -3.43. The maximum Gasteiger partial charge on any atom is 0.240 e. The summed E-state index contributed by atoms with van der Waals surface area (Å²) in [6, 6.07) is 4.76. The second-order valence-corrected chi connectivity index (χ2v) is 7.03. The summed E-state index contributed by atoms with van der Waals surface area (Å²) in [5, 5.41) is 3.23. The van der Waals surface area contributed by atoms with Gasteiger partial charge in [0.15, 0.2) is 0 Å². The molecular weight excluding hydrogens is 274 g/mol. The average Bonchev–Trinajstić information content (AvgIpc) is 3.20. The van der Waals surface area contributed by atoms with Gasteiger partial charge in [-0.15, -0.1) is 0 Å². The smallest absolute Gasteiger partial charge is 0.240 e. The van der Waals surface area contributed by atoms with Crippen molar-refractivity contribution in [2.24, 2.45) is 5.92 Å². The molecule has 0 aromatic heterocycles. The highest BCUT2D eigenvalue weighted by atomic mass is 32.2. The van der Waals surface area contributed by atoms with Crippen LogP contribution in [0.15, 0.2) is 23.1 Å². The summed E-state index contributed by atoms with van der Waals surface area (Å²) in [4.78, 5) is 0.248. The van der Waals surface area contributed by atoms with Gasteiger partial charge in [-0.3, -0.25) is 0 Å². The molecule has 4 N–H and O–H groups in total. The minimum Gasteiger partial charge on any atom is -0.397 e. The summed E-state index contributed by atoms with van der Waals surface area (Å²) in [6.07, 6.45) is 5.05. The molecule has 1 aliphatic carbocycles. The van der Waals surface area contributed by atoms with Crippen molar-refractivity contribution in [2.75, 3.05) is 24.1 Å². The monoisotopic (exact) mass is 297 g/mol. The second kappa shape index (κ2) is 6.45. The van der Waals surface area contributed by atoms with Crippen LogP contribution in [0.3, 0.4) is 0 Å². The highest BCUT2D eigenvalue weighted by Gasteiger charge is 2.20.